The van der Waals surface area contributed by atoms with E-state index in [2.05, 4.69) is 0 Å². The number of ether oxygens (including phenoxy) is 3. The fraction of sp³-hybridized carbons (Fsp3) is 1.00. The van der Waals surface area contributed by atoms with Crippen molar-refractivity contribution in [3.63, 3.8) is 0 Å². The molecule has 0 aliphatic carbocycles. The van der Waals surface area contributed by atoms with Crippen LogP contribution in [0.4, 0.5) is 0 Å². The molecule has 10 nitrogen and oxygen atoms in total. The number of hydrogen-bond acceptors (Lipinski definition) is 10. The van der Waals surface area contributed by atoms with Crippen LogP contribution in [-0.4, -0.2) is 104 Å². The molecule has 2 saturated heterocycles. The number of hydrogen-bond donors (Lipinski definition) is 7. The molecule has 0 saturated carbocycles. The van der Waals surface area contributed by atoms with Gasteiger partial charge in [0.1, 0.15) is 42.7 Å². The predicted octanol–water partition coefficient (Wildman–Crippen LogP) is -4.76. The molecule has 0 aromatic rings. The Kier molecular flexibility index (Phi) is 5.48. The molecule has 2 heterocycles. The third-order valence-corrected chi connectivity index (χ3v) is 3.57. The Morgan fingerprint density at radius 2 is 1.43 bits per heavy atom. The van der Waals surface area contributed by atoms with Crippen LogP contribution >= 0.6 is 0 Å². The van der Waals surface area contributed by atoms with E-state index in [1.807, 2.05) is 0 Å². The summed E-state index contributed by atoms with van der Waals surface area (Å²) in [6.07, 6.45) is -13.3. The Hall–Kier alpha value is -0.400. The third-order valence-electron chi connectivity index (χ3n) is 3.57. The van der Waals surface area contributed by atoms with Crippen molar-refractivity contribution in [2.75, 3.05) is 13.2 Å². The molecule has 2 rings (SSSR count). The van der Waals surface area contributed by atoms with Crippen LogP contribution in [0, 0.1) is 0 Å². The van der Waals surface area contributed by atoms with E-state index in [0.29, 0.717) is 0 Å². The number of aliphatic hydroxyl groups excluding tert-OH is 7. The van der Waals surface area contributed by atoms with Gasteiger partial charge in [-0.2, -0.15) is 0 Å². The van der Waals surface area contributed by atoms with Crippen molar-refractivity contribution in [3.05, 3.63) is 0 Å². The molecule has 4 unspecified atom stereocenters. The van der Waals surface area contributed by atoms with Gasteiger partial charge in [-0.1, -0.05) is 0 Å². The molecular weight excluding hydrogens is 292 g/mol. The first-order valence-electron chi connectivity index (χ1n) is 6.48. The molecule has 0 bridgehead atoms. The molecule has 10 heteroatoms. The monoisotopic (exact) mass is 312 g/mol. The van der Waals surface area contributed by atoms with Gasteiger partial charge in [0.05, 0.1) is 13.2 Å². The molecule has 0 amide bonds. The Morgan fingerprint density at radius 3 is 2.05 bits per heavy atom. The molecule has 124 valence electrons. The van der Waals surface area contributed by atoms with Crippen LogP contribution in [0.2, 0.25) is 0 Å². The van der Waals surface area contributed by atoms with Crippen molar-refractivity contribution in [1.82, 2.24) is 0 Å². The Bertz CT molecular complexity index is 339. The topological polar surface area (TPSA) is 169 Å². The normalized spacial score (nSPS) is 51.9. The Morgan fingerprint density at radius 1 is 0.810 bits per heavy atom. The summed E-state index contributed by atoms with van der Waals surface area (Å²) in [5, 5.41) is 66.5. The maximum Gasteiger partial charge on any atom is 0.189 e. The van der Waals surface area contributed by atoms with E-state index in [0.717, 1.165) is 0 Å². The van der Waals surface area contributed by atoms with Gasteiger partial charge in [0.25, 0.3) is 0 Å². The van der Waals surface area contributed by atoms with E-state index in [9.17, 15) is 30.6 Å². The second kappa shape index (κ2) is 6.79. The van der Waals surface area contributed by atoms with Gasteiger partial charge in [-0.3, -0.25) is 0 Å². The third kappa shape index (κ3) is 3.35. The van der Waals surface area contributed by atoms with Gasteiger partial charge in [0.2, 0.25) is 0 Å². The van der Waals surface area contributed by atoms with Crippen LogP contribution in [0.5, 0.6) is 0 Å². The summed E-state index contributed by atoms with van der Waals surface area (Å²) in [4.78, 5) is 0. The molecule has 7 N–H and O–H groups in total. The summed E-state index contributed by atoms with van der Waals surface area (Å²) >= 11 is 0. The minimum atomic E-state index is -1.65. The molecule has 2 aliphatic rings. The molecule has 2 aliphatic heterocycles. The van der Waals surface area contributed by atoms with Crippen LogP contribution < -0.4 is 0 Å². The van der Waals surface area contributed by atoms with Crippen molar-refractivity contribution < 1.29 is 50.0 Å². The van der Waals surface area contributed by atoms with Crippen molar-refractivity contribution in [3.8, 4) is 0 Å². The van der Waals surface area contributed by atoms with Gasteiger partial charge < -0.3 is 50.0 Å². The molecule has 9 atom stereocenters. The summed E-state index contributed by atoms with van der Waals surface area (Å²) in [7, 11) is 0. The molecule has 0 aromatic carbocycles. The highest BCUT2D eigenvalue weighted by atomic mass is 16.8. The average Bonchev–Trinajstić information content (AvgIpc) is 2.48. The van der Waals surface area contributed by atoms with E-state index < -0.39 is 61.9 Å². The molecule has 0 spiro atoms. The summed E-state index contributed by atoms with van der Waals surface area (Å²) in [6.45, 7) is -0.930. The van der Waals surface area contributed by atoms with Crippen LogP contribution in [0.15, 0.2) is 0 Å². The zero-order valence-electron chi connectivity index (χ0n) is 11.0. The van der Waals surface area contributed by atoms with Gasteiger partial charge in [0.15, 0.2) is 12.6 Å². The van der Waals surface area contributed by atoms with E-state index >= 15 is 0 Å². The summed E-state index contributed by atoms with van der Waals surface area (Å²) < 4.78 is 15.2. The van der Waals surface area contributed by atoms with Gasteiger partial charge >= 0.3 is 0 Å². The van der Waals surface area contributed by atoms with Crippen LogP contribution in [-0.2, 0) is 14.2 Å². The van der Waals surface area contributed by atoms with Crippen molar-refractivity contribution in [2.45, 2.75) is 55.3 Å². The summed E-state index contributed by atoms with van der Waals surface area (Å²) in [5.74, 6) is 0. The lowest BCUT2D eigenvalue weighted by Gasteiger charge is -2.42. The molecular formula is C11H20O10. The van der Waals surface area contributed by atoms with E-state index in [-0.39, 0.29) is 6.61 Å². The van der Waals surface area contributed by atoms with Crippen molar-refractivity contribution in [2.24, 2.45) is 0 Å². The minimum Gasteiger partial charge on any atom is -0.394 e. The first kappa shape index (κ1) is 17.0. The highest BCUT2D eigenvalue weighted by Crippen LogP contribution is 2.25. The quantitative estimate of drug-likeness (QED) is 0.268. The van der Waals surface area contributed by atoms with Crippen molar-refractivity contribution in [1.29, 1.82) is 0 Å². The molecule has 21 heavy (non-hydrogen) atoms. The smallest absolute Gasteiger partial charge is 0.189 e. The highest BCUT2D eigenvalue weighted by molar-refractivity contribution is 4.90. The van der Waals surface area contributed by atoms with Gasteiger partial charge in [-0.25, -0.2) is 0 Å². The fourth-order valence-corrected chi connectivity index (χ4v) is 2.21. The summed E-state index contributed by atoms with van der Waals surface area (Å²) in [5.41, 5.74) is 0. The summed E-state index contributed by atoms with van der Waals surface area (Å²) in [6, 6.07) is 0. The molecule has 2 fully saturated rings. The Balaban J connectivity index is 2.01. The first-order chi connectivity index (χ1) is 9.86. The molecule has 0 aromatic heterocycles. The van der Waals surface area contributed by atoms with E-state index in [1.165, 1.54) is 0 Å². The second-order valence-corrected chi connectivity index (χ2v) is 5.08. The van der Waals surface area contributed by atoms with E-state index in [4.69, 9.17) is 19.3 Å². The predicted molar refractivity (Wildman–Crippen MR) is 62.6 cm³/mol. The second-order valence-electron chi connectivity index (χ2n) is 5.08. The average molecular weight is 312 g/mol. The zero-order valence-corrected chi connectivity index (χ0v) is 11.0. The maximum absolute atomic E-state index is 9.77. The van der Waals surface area contributed by atoms with Gasteiger partial charge in [-0.15, -0.1) is 0 Å². The fourth-order valence-electron chi connectivity index (χ4n) is 2.21. The number of rotatable bonds is 3. The zero-order chi connectivity index (χ0) is 15.7. The lowest BCUT2D eigenvalue weighted by molar-refractivity contribution is -0.365. The first-order valence-corrected chi connectivity index (χ1v) is 6.48. The van der Waals surface area contributed by atoms with Gasteiger partial charge in [-0.05, 0) is 0 Å². The highest BCUT2D eigenvalue weighted by Gasteiger charge is 2.47. The standard InChI is InChI=1S/C11H20O10/c12-1-4-6(15)7(16)9(18)11(20-4)21-10-8(17)5(14)3(13)2-19-10/h3-18H,1-2H2/t3-,4?,5+,6-,7?,8?,9?,10-,11-/m1/s1. The van der Waals surface area contributed by atoms with E-state index in [1.54, 1.807) is 0 Å². The molecule has 0 radical (unpaired) electrons. The SMILES string of the molecule is OCC1O[C@H](O[C@H]2OC[C@@H](O)[C@H](O)C2O)C(O)C(O)[C@@H]1O. The largest absolute Gasteiger partial charge is 0.394 e. The van der Waals surface area contributed by atoms with Crippen LogP contribution in [0.3, 0.4) is 0 Å². The van der Waals surface area contributed by atoms with Crippen molar-refractivity contribution >= 4 is 0 Å². The van der Waals surface area contributed by atoms with Crippen LogP contribution in [0.1, 0.15) is 0 Å². The van der Waals surface area contributed by atoms with Gasteiger partial charge in [0, 0.05) is 0 Å². The minimum absolute atomic E-state index is 0.305. The Labute approximate surface area is 119 Å². The maximum atomic E-state index is 9.77. The lowest BCUT2D eigenvalue weighted by Crippen LogP contribution is -2.62. The lowest BCUT2D eigenvalue weighted by atomic mass is 9.99. The number of aliphatic hydroxyl groups is 7. The van der Waals surface area contributed by atoms with Crippen LogP contribution in [0.25, 0.3) is 0 Å².